The van der Waals surface area contributed by atoms with Crippen molar-refractivity contribution in [3.05, 3.63) is 93.2 Å². The van der Waals surface area contributed by atoms with Gasteiger partial charge in [-0.15, -0.1) is 0 Å². The first-order valence-electron chi connectivity index (χ1n) is 21.0. The molecule has 2 N–H and O–H groups in total. The maximum Gasteiger partial charge on any atom is 0.270 e. The van der Waals surface area contributed by atoms with Crippen LogP contribution in [0.15, 0.2) is 86.2 Å². The highest BCUT2D eigenvalue weighted by Gasteiger charge is 2.48. The molecule has 0 aromatic heterocycles. The Labute approximate surface area is 342 Å². The number of hydrogen-bond acceptors (Lipinski definition) is 7. The molecule has 2 aromatic rings. The highest BCUT2D eigenvalue weighted by atomic mass is 19.3. The zero-order valence-electron chi connectivity index (χ0n) is 35.6. The molecule has 314 valence electrons. The summed E-state index contributed by atoms with van der Waals surface area (Å²) >= 11 is 0. The molecule has 3 unspecified atom stereocenters. The first kappa shape index (κ1) is 43.4. The first-order valence-corrected chi connectivity index (χ1v) is 21.0. The van der Waals surface area contributed by atoms with Gasteiger partial charge in [0.15, 0.2) is 0 Å². The molecule has 8 nitrogen and oxygen atoms in total. The summed E-state index contributed by atoms with van der Waals surface area (Å²) < 4.78 is 56.0. The fraction of sp³-hybridized carbons (Fsp3) is 0.532. The second-order valence-corrected chi connectivity index (χ2v) is 16.7. The number of aliphatic hydroxyl groups is 1. The molecule has 3 aliphatic heterocycles. The Kier molecular flexibility index (Phi) is 13.4. The summed E-state index contributed by atoms with van der Waals surface area (Å²) in [5.74, 6) is 0.751. The first-order chi connectivity index (χ1) is 27.7. The van der Waals surface area contributed by atoms with E-state index in [9.17, 15) is 19.0 Å². The number of amidine groups is 1. The number of β-amino-alcohol motifs (C(OH)–C–C–N with tert-alkyl or cyclic N) is 1. The van der Waals surface area contributed by atoms with Gasteiger partial charge in [0, 0.05) is 41.4 Å². The molecule has 3 heterocycles. The normalized spacial score (nSPS) is 25.7. The Morgan fingerprint density at radius 1 is 1.12 bits per heavy atom. The molecule has 3 fully saturated rings. The number of unbranched alkanes of at least 4 members (excludes halogenated alkanes) is 1. The number of aliphatic imine (C=N–C) groups is 2. The van der Waals surface area contributed by atoms with Crippen LogP contribution in [0, 0.1) is 5.82 Å². The number of phenolic OH excluding ortho intramolecular Hbond substituents is 1. The van der Waals surface area contributed by atoms with E-state index < -0.39 is 17.2 Å². The van der Waals surface area contributed by atoms with Crippen molar-refractivity contribution in [1.82, 2.24) is 9.80 Å². The minimum Gasteiger partial charge on any atom is -0.508 e. The van der Waals surface area contributed by atoms with Crippen LogP contribution in [0.5, 0.6) is 5.75 Å². The van der Waals surface area contributed by atoms with Crippen molar-refractivity contribution in [2.75, 3.05) is 46.0 Å². The van der Waals surface area contributed by atoms with Gasteiger partial charge in [0.25, 0.3) is 6.08 Å². The number of nitrogens with zero attached hydrogens (tertiary/aromatic N) is 4. The molecule has 0 amide bonds. The molecule has 3 atom stereocenters. The van der Waals surface area contributed by atoms with Gasteiger partial charge in [-0.25, -0.2) is 4.39 Å². The summed E-state index contributed by atoms with van der Waals surface area (Å²) in [5, 5.41) is 24.2. The van der Waals surface area contributed by atoms with Crippen LogP contribution in [0.25, 0.3) is 16.3 Å². The zero-order chi connectivity index (χ0) is 41.9. The van der Waals surface area contributed by atoms with E-state index in [2.05, 4.69) is 30.6 Å². The smallest absolute Gasteiger partial charge is 0.270 e. The number of phenols is 1. The van der Waals surface area contributed by atoms with Crippen molar-refractivity contribution in [1.29, 1.82) is 0 Å². The predicted octanol–water partition coefficient (Wildman–Crippen LogP) is 10.1. The van der Waals surface area contributed by atoms with Gasteiger partial charge in [0.05, 0.1) is 31.0 Å². The quantitative estimate of drug-likeness (QED) is 0.134. The highest BCUT2D eigenvalue weighted by molar-refractivity contribution is 6.40. The largest absolute Gasteiger partial charge is 0.508 e. The third kappa shape index (κ3) is 8.73. The second-order valence-electron chi connectivity index (χ2n) is 16.7. The lowest BCUT2D eigenvalue weighted by Gasteiger charge is -2.36. The van der Waals surface area contributed by atoms with Crippen LogP contribution < -0.4 is 0 Å². The summed E-state index contributed by atoms with van der Waals surface area (Å²) in [6, 6.07) is 6.49. The Bertz CT molecular complexity index is 2130. The van der Waals surface area contributed by atoms with E-state index in [4.69, 9.17) is 19.5 Å². The number of allylic oxidation sites excluding steroid dienone is 5. The molecule has 4 aliphatic rings. The van der Waals surface area contributed by atoms with Gasteiger partial charge in [-0.3, -0.25) is 9.89 Å². The molecule has 6 rings (SSSR count). The lowest BCUT2D eigenvalue weighted by Crippen LogP contribution is -2.46. The lowest BCUT2D eigenvalue weighted by atomic mass is 9.76. The monoisotopic (exact) mass is 802 g/mol. The number of ether oxygens (including phenoxy) is 2. The van der Waals surface area contributed by atoms with Crippen molar-refractivity contribution in [2.45, 2.75) is 118 Å². The van der Waals surface area contributed by atoms with E-state index >= 15 is 4.39 Å². The summed E-state index contributed by atoms with van der Waals surface area (Å²) in [7, 11) is 0. The maximum atomic E-state index is 15.6. The molecule has 0 bridgehead atoms. The molecule has 11 heteroatoms. The molecule has 0 saturated carbocycles. The molecule has 58 heavy (non-hydrogen) atoms. The summed E-state index contributed by atoms with van der Waals surface area (Å²) in [5.41, 5.74) is 4.67. The van der Waals surface area contributed by atoms with Gasteiger partial charge in [-0.05, 0) is 137 Å². The van der Waals surface area contributed by atoms with E-state index in [1.807, 2.05) is 39.8 Å². The molecule has 0 radical (unpaired) electrons. The van der Waals surface area contributed by atoms with Gasteiger partial charge in [-0.2, -0.15) is 13.8 Å². The molecule has 0 spiro atoms. The van der Waals surface area contributed by atoms with Crippen molar-refractivity contribution in [3.63, 3.8) is 0 Å². The summed E-state index contributed by atoms with van der Waals surface area (Å²) in [4.78, 5) is 14.9. The third-order valence-electron chi connectivity index (χ3n) is 12.3. The van der Waals surface area contributed by atoms with Gasteiger partial charge >= 0.3 is 0 Å². The van der Waals surface area contributed by atoms with E-state index in [0.717, 1.165) is 70.9 Å². The van der Waals surface area contributed by atoms with Gasteiger partial charge in [0.1, 0.15) is 29.6 Å². The second kappa shape index (κ2) is 18.0. The number of rotatable bonds is 11. The zero-order valence-corrected chi connectivity index (χ0v) is 35.6. The number of aromatic hydroxyl groups is 1. The fourth-order valence-corrected chi connectivity index (χ4v) is 9.05. The maximum absolute atomic E-state index is 15.6. The van der Waals surface area contributed by atoms with E-state index in [0.29, 0.717) is 54.6 Å². The van der Waals surface area contributed by atoms with Crippen LogP contribution >= 0.6 is 0 Å². The fourth-order valence-electron chi connectivity index (χ4n) is 9.05. The topological polar surface area (TPSA) is 90.1 Å². The van der Waals surface area contributed by atoms with Crippen molar-refractivity contribution >= 4 is 27.9 Å². The number of halogens is 3. The molecule has 2 aromatic carbocycles. The molecular formula is C47H61F3N4O4. The SMILES string of the molecule is C/C=C1\C(=NC(C)CC)C(c2cc(O)cc3ccc(F)c(CC)c23)=C(C)C(C)=C1/C(=N\C(=C\CCC)OCC12CCCN1CC(=C(F)F)C2)N1CCOCC(C)(O)C1. The average molecular weight is 803 g/mol. The van der Waals surface area contributed by atoms with Crippen LogP contribution in [-0.4, -0.2) is 94.7 Å². The molecular weight excluding hydrogens is 742 g/mol. The van der Waals surface area contributed by atoms with E-state index in [1.165, 1.54) is 6.07 Å². The van der Waals surface area contributed by atoms with Gasteiger partial charge < -0.3 is 24.6 Å². The summed E-state index contributed by atoms with van der Waals surface area (Å²) in [6.45, 7) is 18.4. The van der Waals surface area contributed by atoms with Gasteiger partial charge in [0.2, 0.25) is 5.88 Å². The van der Waals surface area contributed by atoms with Crippen LogP contribution in [0.3, 0.4) is 0 Å². The minimum absolute atomic E-state index is 0.0742. The van der Waals surface area contributed by atoms with Crippen molar-refractivity contribution < 1.29 is 32.9 Å². The lowest BCUT2D eigenvalue weighted by molar-refractivity contribution is -0.0180. The Balaban J connectivity index is 1.60. The van der Waals surface area contributed by atoms with Crippen LogP contribution in [-0.2, 0) is 15.9 Å². The number of aryl methyl sites for hydroxylation is 1. The minimum atomic E-state index is -1.60. The van der Waals surface area contributed by atoms with E-state index in [-0.39, 0.29) is 55.9 Å². The van der Waals surface area contributed by atoms with Crippen molar-refractivity contribution in [3.8, 4) is 5.75 Å². The van der Waals surface area contributed by atoms with Crippen LogP contribution in [0.2, 0.25) is 0 Å². The molecule has 1 aliphatic carbocycles. The number of fused-ring (bicyclic) bond motifs is 2. The van der Waals surface area contributed by atoms with E-state index in [1.54, 1.807) is 25.1 Å². The predicted molar refractivity (Wildman–Crippen MR) is 228 cm³/mol. The number of benzene rings is 2. The standard InChI is InChI=1S/C47H61F3N4O4/c1-9-13-15-39(58-28-47-18-14-19-54(47)25-33(24-47)44(49)50)52-45(53-20-21-57-27-46(8,56)26-53)41-31(7)30(6)40(43(36(41)12-4)51-29(5)10-2)37-23-34(55)22-32-16-17-38(48)35(11-3)42(32)37/h12,15-17,22-23,29,55-56H,9-11,13-14,18-21,24-28H2,1-8H3/b36-12-,39-15-,51-43?,52-45+. The Hall–Kier alpha value is -4.19. The van der Waals surface area contributed by atoms with Crippen LogP contribution in [0.4, 0.5) is 13.2 Å². The highest BCUT2D eigenvalue weighted by Crippen LogP contribution is 2.45. The third-order valence-corrected chi connectivity index (χ3v) is 12.3. The Morgan fingerprint density at radius 3 is 2.59 bits per heavy atom. The van der Waals surface area contributed by atoms with Gasteiger partial charge in [-0.1, -0.05) is 39.3 Å². The Morgan fingerprint density at radius 2 is 1.90 bits per heavy atom. The average Bonchev–Trinajstić information content (AvgIpc) is 3.69. The van der Waals surface area contributed by atoms with Crippen molar-refractivity contribution in [2.24, 2.45) is 9.98 Å². The summed E-state index contributed by atoms with van der Waals surface area (Å²) in [6.07, 6.45) is 7.11. The molecule has 3 saturated heterocycles. The van der Waals surface area contributed by atoms with Crippen LogP contribution in [0.1, 0.15) is 105 Å². The number of hydrogen-bond donors (Lipinski definition) is 2.